The fourth-order valence-electron chi connectivity index (χ4n) is 1.47. The van der Waals surface area contributed by atoms with Gasteiger partial charge in [-0.3, -0.25) is 20.2 Å². The number of imide groups is 1. The monoisotopic (exact) mass is 184 g/mol. The van der Waals surface area contributed by atoms with Gasteiger partial charge < -0.3 is 4.74 Å². The Hall–Kier alpha value is -0.940. The highest BCUT2D eigenvalue weighted by molar-refractivity contribution is 6.00. The van der Waals surface area contributed by atoms with E-state index in [4.69, 9.17) is 4.74 Å². The lowest BCUT2D eigenvalue weighted by molar-refractivity contribution is -0.135. The van der Waals surface area contributed by atoms with E-state index < -0.39 is 0 Å². The number of nitrogens with one attached hydrogen (secondary N) is 2. The first-order chi connectivity index (χ1) is 6.25. The van der Waals surface area contributed by atoms with Crippen LogP contribution in [0.4, 0.5) is 0 Å². The predicted octanol–water partition coefficient (Wildman–Crippen LogP) is -1.22. The Labute approximate surface area is 75.8 Å². The van der Waals surface area contributed by atoms with Crippen LogP contribution in [0.15, 0.2) is 0 Å². The highest BCUT2D eigenvalue weighted by Gasteiger charge is 2.30. The van der Waals surface area contributed by atoms with Crippen molar-refractivity contribution in [1.29, 1.82) is 0 Å². The maximum atomic E-state index is 11.2. The summed E-state index contributed by atoms with van der Waals surface area (Å²) in [5.74, 6) is -0.379. The van der Waals surface area contributed by atoms with Crippen LogP contribution in [-0.4, -0.2) is 37.1 Å². The minimum absolute atomic E-state index is 0.173. The van der Waals surface area contributed by atoms with Crippen molar-refractivity contribution in [1.82, 2.24) is 10.6 Å². The maximum absolute atomic E-state index is 11.2. The van der Waals surface area contributed by atoms with Crippen molar-refractivity contribution in [3.05, 3.63) is 0 Å². The predicted molar refractivity (Wildman–Crippen MR) is 43.9 cm³/mol. The summed E-state index contributed by atoms with van der Waals surface area (Å²) < 4.78 is 4.97. The molecule has 72 valence electrons. The molecule has 13 heavy (non-hydrogen) atoms. The molecule has 2 fully saturated rings. The molecular formula is C8H12N2O3. The zero-order valence-electron chi connectivity index (χ0n) is 7.21. The first-order valence-corrected chi connectivity index (χ1v) is 4.43. The second-order valence-electron chi connectivity index (χ2n) is 3.40. The minimum atomic E-state index is -0.216. The van der Waals surface area contributed by atoms with E-state index in [-0.39, 0.29) is 23.9 Å². The summed E-state index contributed by atoms with van der Waals surface area (Å²) in [6.07, 6.45) is 1.03. The summed E-state index contributed by atoms with van der Waals surface area (Å²) in [6.45, 7) is 1.33. The molecular weight excluding hydrogens is 172 g/mol. The SMILES string of the molecule is O=C1CCC(NC2COC2)C(=O)N1. The third kappa shape index (κ3) is 1.87. The molecule has 0 aromatic carbocycles. The molecule has 5 heteroatoms. The molecule has 2 rings (SSSR count). The summed E-state index contributed by atoms with van der Waals surface area (Å²) in [5, 5.41) is 5.44. The van der Waals surface area contributed by atoms with Crippen molar-refractivity contribution in [2.45, 2.75) is 24.9 Å². The van der Waals surface area contributed by atoms with Crippen LogP contribution in [0.25, 0.3) is 0 Å². The summed E-state index contributed by atoms with van der Waals surface area (Å²) in [4.78, 5) is 22.0. The summed E-state index contributed by atoms with van der Waals surface area (Å²) in [7, 11) is 0. The van der Waals surface area contributed by atoms with Crippen LogP contribution in [0, 0.1) is 0 Å². The lowest BCUT2D eigenvalue weighted by Crippen LogP contribution is -2.58. The molecule has 2 aliphatic heterocycles. The molecule has 2 N–H and O–H groups in total. The van der Waals surface area contributed by atoms with Crippen LogP contribution in [0.5, 0.6) is 0 Å². The molecule has 2 aliphatic rings. The Morgan fingerprint density at radius 1 is 1.38 bits per heavy atom. The van der Waals surface area contributed by atoms with E-state index >= 15 is 0 Å². The van der Waals surface area contributed by atoms with Gasteiger partial charge in [0.05, 0.1) is 25.3 Å². The van der Waals surface area contributed by atoms with Crippen molar-refractivity contribution in [2.75, 3.05) is 13.2 Å². The number of carbonyl (C=O) groups excluding carboxylic acids is 2. The number of rotatable bonds is 2. The smallest absolute Gasteiger partial charge is 0.243 e. The van der Waals surface area contributed by atoms with E-state index in [0.29, 0.717) is 26.1 Å². The van der Waals surface area contributed by atoms with Gasteiger partial charge in [-0.15, -0.1) is 0 Å². The van der Waals surface area contributed by atoms with Crippen molar-refractivity contribution >= 4 is 11.8 Å². The van der Waals surface area contributed by atoms with Crippen LogP contribution in [0.2, 0.25) is 0 Å². The third-order valence-corrected chi connectivity index (χ3v) is 2.31. The van der Waals surface area contributed by atoms with Gasteiger partial charge in [0.15, 0.2) is 0 Å². The van der Waals surface area contributed by atoms with Crippen LogP contribution < -0.4 is 10.6 Å². The van der Waals surface area contributed by atoms with Gasteiger partial charge in [0.25, 0.3) is 0 Å². The molecule has 0 aromatic rings. The lowest BCUT2D eigenvalue weighted by atomic mass is 10.0. The normalized spacial score (nSPS) is 29.7. The number of amides is 2. The van der Waals surface area contributed by atoms with Crippen molar-refractivity contribution in [3.63, 3.8) is 0 Å². The molecule has 0 radical (unpaired) electrons. The molecule has 0 aromatic heterocycles. The van der Waals surface area contributed by atoms with Gasteiger partial charge in [0, 0.05) is 6.42 Å². The van der Waals surface area contributed by atoms with Crippen molar-refractivity contribution < 1.29 is 14.3 Å². The second kappa shape index (κ2) is 3.43. The molecule has 0 saturated carbocycles. The summed E-state index contributed by atoms with van der Waals surface area (Å²) in [5.41, 5.74) is 0. The number of carbonyl (C=O) groups is 2. The zero-order valence-corrected chi connectivity index (χ0v) is 7.21. The van der Waals surface area contributed by atoms with Crippen LogP contribution in [-0.2, 0) is 14.3 Å². The number of hydrogen-bond donors (Lipinski definition) is 2. The topological polar surface area (TPSA) is 67.4 Å². The minimum Gasteiger partial charge on any atom is -0.378 e. The van der Waals surface area contributed by atoms with Crippen molar-refractivity contribution in [2.24, 2.45) is 0 Å². The van der Waals surface area contributed by atoms with Gasteiger partial charge in [0.2, 0.25) is 11.8 Å². The van der Waals surface area contributed by atoms with Crippen molar-refractivity contribution in [3.8, 4) is 0 Å². The average molecular weight is 184 g/mol. The molecule has 0 aliphatic carbocycles. The highest BCUT2D eigenvalue weighted by atomic mass is 16.5. The molecule has 1 atom stereocenters. The lowest BCUT2D eigenvalue weighted by Gasteiger charge is -2.32. The van der Waals surface area contributed by atoms with Gasteiger partial charge in [-0.05, 0) is 6.42 Å². The van der Waals surface area contributed by atoms with Gasteiger partial charge in [-0.2, -0.15) is 0 Å². The zero-order chi connectivity index (χ0) is 9.26. The Bertz CT molecular complexity index is 238. The molecule has 1 unspecified atom stereocenters. The highest BCUT2D eigenvalue weighted by Crippen LogP contribution is 2.08. The maximum Gasteiger partial charge on any atom is 0.243 e. The van der Waals surface area contributed by atoms with Crippen LogP contribution in [0.1, 0.15) is 12.8 Å². The van der Waals surface area contributed by atoms with Gasteiger partial charge >= 0.3 is 0 Å². The van der Waals surface area contributed by atoms with Crippen LogP contribution in [0.3, 0.4) is 0 Å². The first kappa shape index (κ1) is 8.65. The molecule has 2 amide bonds. The molecule has 2 saturated heterocycles. The molecule has 5 nitrogen and oxygen atoms in total. The fraction of sp³-hybridized carbons (Fsp3) is 0.750. The summed E-state index contributed by atoms with van der Waals surface area (Å²) in [6, 6.07) is 0.0653. The Balaban J connectivity index is 1.84. The van der Waals surface area contributed by atoms with Gasteiger partial charge in [-0.25, -0.2) is 0 Å². The fourth-order valence-corrected chi connectivity index (χ4v) is 1.47. The Kier molecular flexibility index (Phi) is 2.28. The van der Waals surface area contributed by atoms with Crippen LogP contribution >= 0.6 is 0 Å². The van der Waals surface area contributed by atoms with Gasteiger partial charge in [-0.1, -0.05) is 0 Å². The summed E-state index contributed by atoms with van der Waals surface area (Å²) >= 11 is 0. The standard InChI is InChI=1S/C8H12N2O3/c11-7-2-1-6(8(12)10-7)9-5-3-13-4-5/h5-6,9H,1-4H2,(H,10,11,12). The Morgan fingerprint density at radius 3 is 2.69 bits per heavy atom. The molecule has 2 heterocycles. The largest absolute Gasteiger partial charge is 0.378 e. The van der Waals surface area contributed by atoms with E-state index in [1.807, 2.05) is 0 Å². The van der Waals surface area contributed by atoms with Gasteiger partial charge in [0.1, 0.15) is 0 Å². The molecule has 0 spiro atoms. The number of hydrogen-bond acceptors (Lipinski definition) is 4. The van der Waals surface area contributed by atoms with E-state index in [9.17, 15) is 9.59 Å². The van der Waals surface area contributed by atoms with E-state index in [1.54, 1.807) is 0 Å². The van der Waals surface area contributed by atoms with E-state index in [2.05, 4.69) is 10.6 Å². The van der Waals surface area contributed by atoms with E-state index in [0.717, 1.165) is 0 Å². The third-order valence-electron chi connectivity index (χ3n) is 2.31. The quantitative estimate of drug-likeness (QED) is 0.528. The Morgan fingerprint density at radius 2 is 2.15 bits per heavy atom. The second-order valence-corrected chi connectivity index (χ2v) is 3.40. The average Bonchev–Trinajstić information content (AvgIpc) is 1.99. The number of ether oxygens (including phenoxy) is 1. The molecule has 0 bridgehead atoms. The number of piperidine rings is 1. The van der Waals surface area contributed by atoms with E-state index in [1.165, 1.54) is 0 Å². The first-order valence-electron chi connectivity index (χ1n) is 4.43.